The van der Waals surface area contributed by atoms with E-state index in [4.69, 9.17) is 9.47 Å². The molecule has 0 aliphatic heterocycles. The SMILES string of the molecule is CCCCCC(OC)(OC)c1ccc(F)cc1F. The van der Waals surface area contributed by atoms with Crippen molar-refractivity contribution in [3.8, 4) is 0 Å². The molecule has 0 atom stereocenters. The second-order valence-corrected chi connectivity index (χ2v) is 4.24. The molecule has 0 bridgehead atoms. The third-order valence-corrected chi connectivity index (χ3v) is 3.11. The number of unbranched alkanes of at least 4 members (excludes halogenated alkanes) is 2. The molecule has 0 heterocycles. The van der Waals surface area contributed by atoms with E-state index in [0.717, 1.165) is 25.3 Å². The van der Waals surface area contributed by atoms with Crippen LogP contribution in [-0.4, -0.2) is 14.2 Å². The maximum Gasteiger partial charge on any atom is 0.197 e. The van der Waals surface area contributed by atoms with Crippen molar-refractivity contribution >= 4 is 0 Å². The van der Waals surface area contributed by atoms with Crippen molar-refractivity contribution in [2.24, 2.45) is 0 Å². The standard InChI is InChI=1S/C14H20F2O2/c1-4-5-6-9-14(17-2,18-3)12-8-7-11(15)10-13(12)16/h7-8,10H,4-6,9H2,1-3H3. The van der Waals surface area contributed by atoms with Crippen LogP contribution in [0, 0.1) is 11.6 Å². The third kappa shape index (κ3) is 3.27. The van der Waals surface area contributed by atoms with Gasteiger partial charge in [-0.3, -0.25) is 0 Å². The van der Waals surface area contributed by atoms with Gasteiger partial charge in [0.1, 0.15) is 11.6 Å². The lowest BCUT2D eigenvalue weighted by Gasteiger charge is -2.31. The van der Waals surface area contributed by atoms with Crippen LogP contribution in [0.5, 0.6) is 0 Å². The summed E-state index contributed by atoms with van der Waals surface area (Å²) in [7, 11) is 2.94. The van der Waals surface area contributed by atoms with E-state index in [9.17, 15) is 8.78 Å². The molecule has 1 aromatic carbocycles. The molecule has 0 aliphatic rings. The quantitative estimate of drug-likeness (QED) is 0.544. The van der Waals surface area contributed by atoms with Crippen molar-refractivity contribution in [3.63, 3.8) is 0 Å². The van der Waals surface area contributed by atoms with Gasteiger partial charge >= 0.3 is 0 Å². The van der Waals surface area contributed by atoms with Gasteiger partial charge in [-0.05, 0) is 18.6 Å². The van der Waals surface area contributed by atoms with Gasteiger partial charge in [-0.1, -0.05) is 19.8 Å². The molecule has 1 rings (SSSR count). The molecule has 4 heteroatoms. The lowest BCUT2D eigenvalue weighted by atomic mass is 9.98. The van der Waals surface area contributed by atoms with Gasteiger partial charge in [0.25, 0.3) is 0 Å². The predicted octanol–water partition coefficient (Wildman–Crippen LogP) is 3.99. The summed E-state index contributed by atoms with van der Waals surface area (Å²) in [4.78, 5) is 0. The van der Waals surface area contributed by atoms with Gasteiger partial charge in [0.2, 0.25) is 0 Å². The molecule has 0 amide bonds. The maximum atomic E-state index is 13.8. The van der Waals surface area contributed by atoms with Crippen LogP contribution < -0.4 is 0 Å². The summed E-state index contributed by atoms with van der Waals surface area (Å²) >= 11 is 0. The van der Waals surface area contributed by atoms with Crippen LogP contribution in [0.2, 0.25) is 0 Å². The van der Waals surface area contributed by atoms with E-state index in [-0.39, 0.29) is 5.56 Å². The van der Waals surface area contributed by atoms with Gasteiger partial charge in [-0.15, -0.1) is 0 Å². The molecule has 0 N–H and O–H groups in total. The van der Waals surface area contributed by atoms with Crippen molar-refractivity contribution in [1.29, 1.82) is 0 Å². The zero-order chi connectivity index (χ0) is 13.6. The zero-order valence-electron chi connectivity index (χ0n) is 11.1. The number of ether oxygens (including phenoxy) is 2. The monoisotopic (exact) mass is 258 g/mol. The van der Waals surface area contributed by atoms with E-state index in [0.29, 0.717) is 6.42 Å². The lowest BCUT2D eigenvalue weighted by molar-refractivity contribution is -0.222. The lowest BCUT2D eigenvalue weighted by Crippen LogP contribution is -2.32. The first-order valence-corrected chi connectivity index (χ1v) is 6.15. The van der Waals surface area contributed by atoms with E-state index in [2.05, 4.69) is 6.92 Å². The van der Waals surface area contributed by atoms with E-state index in [1.807, 2.05) is 0 Å². The van der Waals surface area contributed by atoms with E-state index < -0.39 is 17.4 Å². The second kappa shape index (κ2) is 6.81. The minimum Gasteiger partial charge on any atom is -0.349 e. The number of rotatable bonds is 7. The highest BCUT2D eigenvalue weighted by atomic mass is 19.1. The fraction of sp³-hybridized carbons (Fsp3) is 0.571. The summed E-state index contributed by atoms with van der Waals surface area (Å²) in [6.45, 7) is 2.08. The fourth-order valence-corrected chi connectivity index (χ4v) is 2.05. The summed E-state index contributed by atoms with van der Waals surface area (Å²) in [5, 5.41) is 0. The van der Waals surface area contributed by atoms with Crippen LogP contribution >= 0.6 is 0 Å². The van der Waals surface area contributed by atoms with E-state index >= 15 is 0 Å². The minimum absolute atomic E-state index is 0.241. The van der Waals surface area contributed by atoms with Gasteiger partial charge < -0.3 is 9.47 Å². The fourth-order valence-electron chi connectivity index (χ4n) is 2.05. The van der Waals surface area contributed by atoms with Gasteiger partial charge in [-0.25, -0.2) is 8.78 Å². The Bertz CT molecular complexity index is 376. The summed E-state index contributed by atoms with van der Waals surface area (Å²) in [6.07, 6.45) is 3.46. The molecule has 0 spiro atoms. The normalized spacial score (nSPS) is 11.8. The Hall–Kier alpha value is -1.00. The zero-order valence-corrected chi connectivity index (χ0v) is 11.1. The predicted molar refractivity (Wildman–Crippen MR) is 66.2 cm³/mol. The van der Waals surface area contributed by atoms with Crippen molar-refractivity contribution in [1.82, 2.24) is 0 Å². The van der Waals surface area contributed by atoms with Crippen molar-refractivity contribution in [2.45, 2.75) is 38.4 Å². The van der Waals surface area contributed by atoms with Crippen molar-refractivity contribution in [3.05, 3.63) is 35.4 Å². The maximum absolute atomic E-state index is 13.8. The Balaban J connectivity index is 3.01. The number of benzene rings is 1. The number of methoxy groups -OCH3 is 2. The van der Waals surface area contributed by atoms with Gasteiger partial charge in [0.15, 0.2) is 5.79 Å². The van der Waals surface area contributed by atoms with Gasteiger partial charge in [0.05, 0.1) is 0 Å². The van der Waals surface area contributed by atoms with Crippen LogP contribution in [0.15, 0.2) is 18.2 Å². The van der Waals surface area contributed by atoms with Crippen LogP contribution in [-0.2, 0) is 15.3 Å². The third-order valence-electron chi connectivity index (χ3n) is 3.11. The molecular formula is C14H20F2O2. The molecule has 102 valence electrons. The summed E-state index contributed by atoms with van der Waals surface area (Å²) < 4.78 is 37.5. The van der Waals surface area contributed by atoms with Crippen LogP contribution in [0.25, 0.3) is 0 Å². The Kier molecular flexibility index (Phi) is 5.69. The molecule has 0 aliphatic carbocycles. The van der Waals surface area contributed by atoms with E-state index in [1.165, 1.54) is 26.4 Å². The summed E-state index contributed by atoms with van der Waals surface area (Å²) in [6, 6.07) is 3.44. The first-order chi connectivity index (χ1) is 8.59. The Morgan fingerprint density at radius 1 is 1.11 bits per heavy atom. The summed E-state index contributed by atoms with van der Waals surface area (Å²) in [5.41, 5.74) is 0.241. The highest BCUT2D eigenvalue weighted by Gasteiger charge is 2.34. The van der Waals surface area contributed by atoms with Crippen LogP contribution in [0.3, 0.4) is 0 Å². The summed E-state index contributed by atoms with van der Waals surface area (Å²) in [5.74, 6) is -2.38. The Labute approximate surface area is 107 Å². The molecule has 1 aromatic rings. The van der Waals surface area contributed by atoms with Crippen molar-refractivity contribution < 1.29 is 18.3 Å². The van der Waals surface area contributed by atoms with Crippen LogP contribution in [0.1, 0.15) is 38.2 Å². The molecular weight excluding hydrogens is 238 g/mol. The first kappa shape index (κ1) is 15.1. The average molecular weight is 258 g/mol. The first-order valence-electron chi connectivity index (χ1n) is 6.15. The van der Waals surface area contributed by atoms with Gasteiger partial charge in [-0.2, -0.15) is 0 Å². The molecule has 18 heavy (non-hydrogen) atoms. The molecule has 0 saturated heterocycles. The highest BCUT2D eigenvalue weighted by molar-refractivity contribution is 5.23. The van der Waals surface area contributed by atoms with Gasteiger partial charge in [0, 0.05) is 32.3 Å². The minimum atomic E-state index is -1.13. The van der Waals surface area contributed by atoms with E-state index in [1.54, 1.807) is 0 Å². The molecule has 0 aromatic heterocycles. The molecule has 2 nitrogen and oxygen atoms in total. The topological polar surface area (TPSA) is 18.5 Å². The highest BCUT2D eigenvalue weighted by Crippen LogP contribution is 2.33. The Morgan fingerprint density at radius 2 is 1.78 bits per heavy atom. The second-order valence-electron chi connectivity index (χ2n) is 4.24. The van der Waals surface area contributed by atoms with Crippen LogP contribution in [0.4, 0.5) is 8.78 Å². The number of halogens is 2. The number of hydrogen-bond acceptors (Lipinski definition) is 2. The Morgan fingerprint density at radius 3 is 2.28 bits per heavy atom. The average Bonchev–Trinajstić information content (AvgIpc) is 2.36. The molecule has 0 unspecified atom stereocenters. The van der Waals surface area contributed by atoms with Crippen molar-refractivity contribution in [2.75, 3.05) is 14.2 Å². The molecule has 0 saturated carbocycles. The largest absolute Gasteiger partial charge is 0.349 e. The molecule has 0 fully saturated rings. The number of hydrogen-bond donors (Lipinski definition) is 0. The molecule has 0 radical (unpaired) electrons. The smallest absolute Gasteiger partial charge is 0.197 e.